The van der Waals surface area contributed by atoms with Crippen molar-refractivity contribution in [1.82, 2.24) is 0 Å². The molecule has 1 aliphatic carbocycles. The van der Waals surface area contributed by atoms with Crippen LogP contribution < -0.4 is 10.1 Å². The van der Waals surface area contributed by atoms with Crippen molar-refractivity contribution in [1.29, 1.82) is 0 Å². The number of thiophene rings is 2. The number of methoxy groups -OCH3 is 1. The molecular formula is C22H22N2O2S2. The fraction of sp³-hybridized carbons (Fsp3) is 0.273. The van der Waals surface area contributed by atoms with Gasteiger partial charge in [0.2, 0.25) is 0 Å². The first-order valence-electron chi connectivity index (χ1n) is 9.42. The highest BCUT2D eigenvalue weighted by molar-refractivity contribution is 7.16. The normalized spacial score (nSPS) is 13.9. The van der Waals surface area contributed by atoms with Crippen LogP contribution in [0.3, 0.4) is 0 Å². The number of aliphatic imine (C=N–C) groups is 1. The summed E-state index contributed by atoms with van der Waals surface area (Å²) < 4.78 is 5.19. The van der Waals surface area contributed by atoms with Crippen LogP contribution in [0.2, 0.25) is 0 Å². The van der Waals surface area contributed by atoms with E-state index in [0.717, 1.165) is 46.1 Å². The van der Waals surface area contributed by atoms with Gasteiger partial charge in [-0.1, -0.05) is 12.5 Å². The smallest absolute Gasteiger partial charge is 0.259 e. The van der Waals surface area contributed by atoms with Crippen molar-refractivity contribution in [2.45, 2.75) is 32.1 Å². The third-order valence-corrected chi connectivity index (χ3v) is 6.84. The summed E-state index contributed by atoms with van der Waals surface area (Å²) in [5.74, 6) is 0.687. The lowest BCUT2D eigenvalue weighted by Crippen LogP contribution is -2.13. The van der Waals surface area contributed by atoms with E-state index < -0.39 is 0 Å². The number of carbonyl (C=O) groups is 1. The van der Waals surface area contributed by atoms with Crippen molar-refractivity contribution in [2.24, 2.45) is 4.99 Å². The molecule has 4 nitrogen and oxygen atoms in total. The number of nitrogens with one attached hydrogen (secondary N) is 1. The molecule has 2 aromatic heterocycles. The van der Waals surface area contributed by atoms with Crippen LogP contribution in [0, 0.1) is 0 Å². The molecule has 0 bridgehead atoms. The Morgan fingerprint density at radius 1 is 1.14 bits per heavy atom. The molecule has 1 aromatic carbocycles. The summed E-state index contributed by atoms with van der Waals surface area (Å²) >= 11 is 3.31. The van der Waals surface area contributed by atoms with Crippen molar-refractivity contribution >= 4 is 45.5 Å². The molecule has 0 spiro atoms. The fourth-order valence-electron chi connectivity index (χ4n) is 3.41. The van der Waals surface area contributed by atoms with Crippen molar-refractivity contribution in [2.75, 3.05) is 12.4 Å². The molecule has 0 saturated heterocycles. The van der Waals surface area contributed by atoms with E-state index in [4.69, 9.17) is 9.73 Å². The molecule has 3 aromatic rings. The average Bonchev–Trinajstić information content (AvgIpc) is 3.29. The molecule has 28 heavy (non-hydrogen) atoms. The lowest BCUT2D eigenvalue weighted by atomic mass is 10.0. The number of carbonyl (C=O) groups excluding carboxylic acids is 1. The zero-order valence-electron chi connectivity index (χ0n) is 15.7. The third-order valence-electron chi connectivity index (χ3n) is 4.83. The summed E-state index contributed by atoms with van der Waals surface area (Å²) in [4.78, 5) is 20.3. The highest BCUT2D eigenvalue weighted by atomic mass is 32.1. The average molecular weight is 411 g/mol. The zero-order chi connectivity index (χ0) is 19.3. The minimum absolute atomic E-state index is 0.0807. The van der Waals surface area contributed by atoms with Gasteiger partial charge in [-0.3, -0.25) is 4.79 Å². The van der Waals surface area contributed by atoms with Gasteiger partial charge in [-0.25, -0.2) is 4.99 Å². The molecule has 0 saturated carbocycles. The summed E-state index contributed by atoms with van der Waals surface area (Å²) in [5.41, 5.74) is 2.69. The maximum absolute atomic E-state index is 13.2. The number of ether oxygens (including phenoxy) is 1. The Labute approximate surface area is 172 Å². The second kappa shape index (κ2) is 8.71. The summed E-state index contributed by atoms with van der Waals surface area (Å²) in [6.45, 7) is 0. The van der Waals surface area contributed by atoms with Crippen molar-refractivity contribution in [3.63, 3.8) is 0 Å². The van der Waals surface area contributed by atoms with Gasteiger partial charge in [0.15, 0.2) is 0 Å². The van der Waals surface area contributed by atoms with Crippen LogP contribution in [-0.4, -0.2) is 19.2 Å². The molecule has 1 N–H and O–H groups in total. The van der Waals surface area contributed by atoms with Gasteiger partial charge in [0.25, 0.3) is 5.91 Å². The molecule has 0 fully saturated rings. The van der Waals surface area contributed by atoms with E-state index in [1.165, 1.54) is 23.3 Å². The Kier molecular flexibility index (Phi) is 5.88. The standard InChI is InChI=1S/C22H22N2O2S2/c1-26-16-11-9-15(10-12-16)24-21(25)20-18-7-3-2-4-8-19(18)28-22(20)23-14-17-6-5-13-27-17/h5-6,9-14H,2-4,7-8H2,1H3,(H,24,25)/b23-14-. The quantitative estimate of drug-likeness (QED) is 0.409. The summed E-state index contributed by atoms with van der Waals surface area (Å²) in [5, 5.41) is 5.88. The number of benzene rings is 1. The molecule has 0 aliphatic heterocycles. The second-order valence-corrected chi connectivity index (χ2v) is 8.76. The van der Waals surface area contributed by atoms with Crippen molar-refractivity contribution in [3.8, 4) is 5.75 Å². The minimum Gasteiger partial charge on any atom is -0.497 e. The number of nitrogens with zero attached hydrogens (tertiary/aromatic N) is 1. The minimum atomic E-state index is -0.0807. The largest absolute Gasteiger partial charge is 0.497 e. The first kappa shape index (κ1) is 18.9. The molecule has 4 rings (SSSR count). The molecular weight excluding hydrogens is 388 g/mol. The van der Waals surface area contributed by atoms with Crippen LogP contribution in [0.15, 0.2) is 46.8 Å². The van der Waals surface area contributed by atoms with Gasteiger partial charge in [-0.2, -0.15) is 0 Å². The fourth-order valence-corrected chi connectivity index (χ4v) is 5.22. The monoisotopic (exact) mass is 410 g/mol. The van der Waals surface area contributed by atoms with Gasteiger partial charge in [0, 0.05) is 21.7 Å². The first-order chi connectivity index (χ1) is 13.7. The Bertz CT molecular complexity index is 973. The number of amides is 1. The van der Waals surface area contributed by atoms with Crippen molar-refractivity contribution in [3.05, 3.63) is 62.7 Å². The Morgan fingerprint density at radius 2 is 1.96 bits per heavy atom. The van der Waals surface area contributed by atoms with Gasteiger partial charge in [0.1, 0.15) is 10.8 Å². The van der Waals surface area contributed by atoms with E-state index in [0.29, 0.717) is 0 Å². The first-order valence-corrected chi connectivity index (χ1v) is 11.1. The summed E-state index contributed by atoms with van der Waals surface area (Å²) in [7, 11) is 1.63. The number of fused-ring (bicyclic) bond motifs is 1. The number of hydrogen-bond donors (Lipinski definition) is 1. The molecule has 1 aliphatic rings. The lowest BCUT2D eigenvalue weighted by molar-refractivity contribution is 0.102. The lowest BCUT2D eigenvalue weighted by Gasteiger charge is -2.08. The maximum Gasteiger partial charge on any atom is 0.259 e. The van der Waals surface area contributed by atoms with E-state index in [2.05, 4.69) is 5.32 Å². The van der Waals surface area contributed by atoms with E-state index >= 15 is 0 Å². The van der Waals surface area contributed by atoms with Crippen LogP contribution >= 0.6 is 22.7 Å². The summed E-state index contributed by atoms with van der Waals surface area (Å²) in [6.07, 6.45) is 7.37. The molecule has 0 radical (unpaired) electrons. The van der Waals surface area contributed by atoms with Crippen LogP contribution in [-0.2, 0) is 12.8 Å². The van der Waals surface area contributed by atoms with Gasteiger partial charge in [-0.05, 0) is 67.0 Å². The topological polar surface area (TPSA) is 50.7 Å². The third kappa shape index (κ3) is 4.18. The molecule has 144 valence electrons. The number of aryl methyl sites for hydroxylation is 1. The van der Waals surface area contributed by atoms with E-state index in [9.17, 15) is 4.79 Å². The van der Waals surface area contributed by atoms with Crippen LogP contribution in [0.1, 0.15) is 44.9 Å². The highest BCUT2D eigenvalue weighted by Crippen LogP contribution is 2.39. The number of anilines is 1. The Balaban J connectivity index is 1.66. The van der Waals surface area contributed by atoms with E-state index in [1.54, 1.807) is 29.8 Å². The SMILES string of the molecule is COc1ccc(NC(=O)c2c(/N=C\c3cccs3)sc3c2CCCCC3)cc1. The van der Waals surface area contributed by atoms with Crippen LogP contribution in [0.5, 0.6) is 5.75 Å². The zero-order valence-corrected chi connectivity index (χ0v) is 17.4. The van der Waals surface area contributed by atoms with E-state index in [1.807, 2.05) is 48.0 Å². The predicted octanol–water partition coefficient (Wildman–Crippen LogP) is 6.09. The van der Waals surface area contributed by atoms with Gasteiger partial charge in [-0.15, -0.1) is 22.7 Å². The van der Waals surface area contributed by atoms with Crippen LogP contribution in [0.25, 0.3) is 0 Å². The van der Waals surface area contributed by atoms with Crippen LogP contribution in [0.4, 0.5) is 10.7 Å². The number of hydrogen-bond acceptors (Lipinski definition) is 5. The Hall–Kier alpha value is -2.44. The molecule has 1 amide bonds. The Morgan fingerprint density at radius 3 is 2.71 bits per heavy atom. The van der Waals surface area contributed by atoms with Crippen molar-refractivity contribution < 1.29 is 9.53 Å². The molecule has 0 unspecified atom stereocenters. The van der Waals surface area contributed by atoms with Gasteiger partial charge < -0.3 is 10.1 Å². The molecule has 0 atom stereocenters. The van der Waals surface area contributed by atoms with Gasteiger partial charge in [0.05, 0.1) is 12.7 Å². The highest BCUT2D eigenvalue weighted by Gasteiger charge is 2.24. The van der Waals surface area contributed by atoms with Gasteiger partial charge >= 0.3 is 0 Å². The summed E-state index contributed by atoms with van der Waals surface area (Å²) in [6, 6.07) is 11.4. The van der Waals surface area contributed by atoms with E-state index in [-0.39, 0.29) is 5.91 Å². The maximum atomic E-state index is 13.2. The number of rotatable bonds is 5. The molecule has 2 heterocycles. The molecule has 6 heteroatoms. The second-order valence-electron chi connectivity index (χ2n) is 6.70. The predicted molar refractivity (Wildman–Crippen MR) is 118 cm³/mol.